The summed E-state index contributed by atoms with van der Waals surface area (Å²) in [4.78, 5) is 0. The molecule has 15 heavy (non-hydrogen) atoms. The second-order valence-electron chi connectivity index (χ2n) is 3.25. The third-order valence-electron chi connectivity index (χ3n) is 2.40. The van der Waals surface area contributed by atoms with Gasteiger partial charge in [-0.15, -0.1) is 0 Å². The molecule has 0 heterocycles. The van der Waals surface area contributed by atoms with Crippen molar-refractivity contribution in [1.29, 1.82) is 0 Å². The molecule has 0 aliphatic rings. The van der Waals surface area contributed by atoms with Crippen LogP contribution < -0.4 is 5.73 Å². The molecule has 1 rings (SSSR count). The van der Waals surface area contributed by atoms with Gasteiger partial charge in [-0.25, -0.2) is 8.78 Å². The van der Waals surface area contributed by atoms with Crippen molar-refractivity contribution < 1.29 is 8.78 Å². The molecule has 0 aliphatic carbocycles. The van der Waals surface area contributed by atoms with Crippen molar-refractivity contribution >= 4 is 27.5 Å². The molecule has 0 radical (unpaired) electrons. The van der Waals surface area contributed by atoms with Gasteiger partial charge >= 0.3 is 0 Å². The van der Waals surface area contributed by atoms with Gasteiger partial charge in [0.1, 0.15) is 5.82 Å². The summed E-state index contributed by atoms with van der Waals surface area (Å²) in [6.45, 7) is 1.35. The highest BCUT2D eigenvalue weighted by atomic mass is 79.9. The lowest BCUT2D eigenvalue weighted by molar-refractivity contribution is 0.162. The topological polar surface area (TPSA) is 26.0 Å². The van der Waals surface area contributed by atoms with E-state index in [-0.39, 0.29) is 23.6 Å². The standard InChI is InChI=1S/C10H11BrClF2N/c1-2-10(14,5-15)6-3-4-7(11)8(12)9(6)13/h3-4H,2,5,15H2,1H3. The number of alkyl halides is 1. The summed E-state index contributed by atoms with van der Waals surface area (Å²) in [5.74, 6) is -0.749. The van der Waals surface area contributed by atoms with Gasteiger partial charge in [-0.3, -0.25) is 0 Å². The molecule has 1 aromatic rings. The average Bonchev–Trinajstić information content (AvgIpc) is 2.25. The maximum atomic E-state index is 14.1. The Morgan fingerprint density at radius 2 is 2.13 bits per heavy atom. The fourth-order valence-electron chi connectivity index (χ4n) is 1.32. The molecule has 0 fully saturated rings. The van der Waals surface area contributed by atoms with Gasteiger partial charge in [0.05, 0.1) is 5.02 Å². The molecule has 1 atom stereocenters. The lowest BCUT2D eigenvalue weighted by Gasteiger charge is -2.23. The fraction of sp³-hybridized carbons (Fsp3) is 0.400. The van der Waals surface area contributed by atoms with Crippen molar-refractivity contribution in [3.05, 3.63) is 33.0 Å². The van der Waals surface area contributed by atoms with Crippen molar-refractivity contribution in [3.63, 3.8) is 0 Å². The van der Waals surface area contributed by atoms with E-state index >= 15 is 0 Å². The predicted octanol–water partition coefficient (Wildman–Crippen LogP) is 3.78. The van der Waals surface area contributed by atoms with Crippen LogP contribution >= 0.6 is 27.5 Å². The van der Waals surface area contributed by atoms with Crippen LogP contribution in [0.15, 0.2) is 16.6 Å². The van der Waals surface area contributed by atoms with Crippen LogP contribution in [0.3, 0.4) is 0 Å². The quantitative estimate of drug-likeness (QED) is 0.845. The summed E-state index contributed by atoms with van der Waals surface area (Å²) in [6, 6.07) is 2.88. The van der Waals surface area contributed by atoms with E-state index in [9.17, 15) is 8.78 Å². The molecule has 0 spiro atoms. The molecule has 84 valence electrons. The lowest BCUT2D eigenvalue weighted by Crippen LogP contribution is -2.30. The molecule has 1 aromatic carbocycles. The van der Waals surface area contributed by atoms with Gasteiger partial charge in [0.25, 0.3) is 0 Å². The maximum absolute atomic E-state index is 14.1. The molecule has 1 unspecified atom stereocenters. The minimum absolute atomic E-state index is 0.0827. The number of benzene rings is 1. The SMILES string of the molecule is CCC(F)(CN)c1ccc(Br)c(Cl)c1F. The minimum Gasteiger partial charge on any atom is -0.327 e. The van der Waals surface area contributed by atoms with E-state index in [1.807, 2.05) is 0 Å². The summed E-state index contributed by atoms with van der Waals surface area (Å²) in [6.07, 6.45) is 0.110. The highest BCUT2D eigenvalue weighted by Gasteiger charge is 2.32. The third kappa shape index (κ3) is 2.32. The van der Waals surface area contributed by atoms with Crippen molar-refractivity contribution in [3.8, 4) is 0 Å². The van der Waals surface area contributed by atoms with Crippen LogP contribution in [0.4, 0.5) is 8.78 Å². The largest absolute Gasteiger partial charge is 0.327 e. The Kier molecular flexibility index (Phi) is 4.09. The molecule has 0 aromatic heterocycles. The van der Waals surface area contributed by atoms with Crippen molar-refractivity contribution in [1.82, 2.24) is 0 Å². The van der Waals surface area contributed by atoms with Gasteiger partial charge in [-0.05, 0) is 28.4 Å². The van der Waals surface area contributed by atoms with E-state index in [0.717, 1.165) is 0 Å². The molecule has 0 amide bonds. The van der Waals surface area contributed by atoms with Gasteiger partial charge in [-0.2, -0.15) is 0 Å². The molecule has 0 aliphatic heterocycles. The molecule has 2 N–H and O–H groups in total. The Balaban J connectivity index is 3.32. The number of hydrogen-bond donors (Lipinski definition) is 1. The van der Waals surface area contributed by atoms with Gasteiger partial charge in [0.2, 0.25) is 0 Å². The van der Waals surface area contributed by atoms with Gasteiger partial charge in [0, 0.05) is 16.6 Å². The van der Waals surface area contributed by atoms with Crippen LogP contribution in [-0.4, -0.2) is 6.54 Å². The molecule has 0 bridgehead atoms. The first kappa shape index (κ1) is 12.9. The minimum atomic E-state index is -1.85. The van der Waals surface area contributed by atoms with Gasteiger partial charge < -0.3 is 5.73 Å². The Bertz CT molecular complexity index is 367. The number of hydrogen-bond acceptors (Lipinski definition) is 1. The van der Waals surface area contributed by atoms with Crippen molar-refractivity contribution in [2.75, 3.05) is 6.54 Å². The highest BCUT2D eigenvalue weighted by Crippen LogP contribution is 2.36. The Morgan fingerprint density at radius 3 is 2.60 bits per heavy atom. The monoisotopic (exact) mass is 297 g/mol. The van der Waals surface area contributed by atoms with Crippen molar-refractivity contribution in [2.24, 2.45) is 5.73 Å². The third-order valence-corrected chi connectivity index (χ3v) is 3.66. The van der Waals surface area contributed by atoms with E-state index in [1.54, 1.807) is 6.92 Å². The zero-order valence-electron chi connectivity index (χ0n) is 8.16. The lowest BCUT2D eigenvalue weighted by atomic mass is 9.93. The molecule has 5 heteroatoms. The van der Waals surface area contributed by atoms with Crippen molar-refractivity contribution in [2.45, 2.75) is 19.0 Å². The zero-order chi connectivity index (χ0) is 11.6. The Labute approximate surface area is 101 Å². The normalized spacial score (nSPS) is 15.1. The van der Waals surface area contributed by atoms with E-state index in [2.05, 4.69) is 15.9 Å². The number of rotatable bonds is 3. The van der Waals surface area contributed by atoms with Crippen LogP contribution in [0.25, 0.3) is 0 Å². The molecule has 0 saturated carbocycles. The van der Waals surface area contributed by atoms with Crippen LogP contribution in [0.1, 0.15) is 18.9 Å². The first-order valence-electron chi connectivity index (χ1n) is 4.49. The molecule has 1 nitrogen and oxygen atoms in total. The van der Waals surface area contributed by atoms with E-state index < -0.39 is 11.5 Å². The van der Waals surface area contributed by atoms with Crippen LogP contribution in [0, 0.1) is 5.82 Å². The first-order valence-corrected chi connectivity index (χ1v) is 5.66. The van der Waals surface area contributed by atoms with Crippen LogP contribution in [0.5, 0.6) is 0 Å². The summed E-state index contributed by atoms with van der Waals surface area (Å²) in [7, 11) is 0. The summed E-state index contributed by atoms with van der Waals surface area (Å²) >= 11 is 8.74. The van der Waals surface area contributed by atoms with Gasteiger partial charge in [-0.1, -0.05) is 24.6 Å². The fourth-order valence-corrected chi connectivity index (χ4v) is 1.79. The number of nitrogens with two attached hydrogens (primary N) is 1. The summed E-state index contributed by atoms with van der Waals surface area (Å²) in [5, 5.41) is -0.114. The summed E-state index contributed by atoms with van der Waals surface area (Å²) in [5.41, 5.74) is 3.37. The van der Waals surface area contributed by atoms with Crippen LogP contribution in [0.2, 0.25) is 5.02 Å². The highest BCUT2D eigenvalue weighted by molar-refractivity contribution is 9.10. The van der Waals surface area contributed by atoms with Gasteiger partial charge in [0.15, 0.2) is 5.67 Å². The number of halogens is 4. The zero-order valence-corrected chi connectivity index (χ0v) is 10.5. The van der Waals surface area contributed by atoms with Crippen LogP contribution in [-0.2, 0) is 5.67 Å². The second kappa shape index (κ2) is 4.76. The average molecular weight is 299 g/mol. The second-order valence-corrected chi connectivity index (χ2v) is 4.48. The predicted molar refractivity (Wildman–Crippen MR) is 61.2 cm³/mol. The van der Waals surface area contributed by atoms with E-state index in [1.165, 1.54) is 12.1 Å². The van der Waals surface area contributed by atoms with E-state index in [0.29, 0.717) is 4.47 Å². The molecule has 0 saturated heterocycles. The Morgan fingerprint density at radius 1 is 1.53 bits per heavy atom. The maximum Gasteiger partial charge on any atom is 0.150 e. The first-order chi connectivity index (χ1) is 6.96. The molecular formula is C10H11BrClF2N. The summed E-state index contributed by atoms with van der Waals surface area (Å²) < 4.78 is 28.2. The smallest absolute Gasteiger partial charge is 0.150 e. The van der Waals surface area contributed by atoms with E-state index in [4.69, 9.17) is 17.3 Å². The Hall–Kier alpha value is -0.190. The molecular weight excluding hydrogens is 287 g/mol.